The highest BCUT2D eigenvalue weighted by atomic mass is 35.5. The molecule has 1 N–H and O–H groups in total. The summed E-state index contributed by atoms with van der Waals surface area (Å²) >= 11 is 5.66. The third-order valence-corrected chi connectivity index (χ3v) is 2.79. The lowest BCUT2D eigenvalue weighted by molar-refractivity contribution is 0.0697. The first-order chi connectivity index (χ1) is 8.49. The molecule has 0 aliphatic rings. The van der Waals surface area contributed by atoms with Gasteiger partial charge in [-0.25, -0.2) is 14.2 Å². The first-order valence-electron chi connectivity index (χ1n) is 5.14. The van der Waals surface area contributed by atoms with Gasteiger partial charge in [-0.05, 0) is 30.2 Å². The highest BCUT2D eigenvalue weighted by molar-refractivity contribution is 6.29. The first-order valence-corrected chi connectivity index (χ1v) is 5.52. The van der Waals surface area contributed by atoms with Crippen LogP contribution in [0, 0.1) is 12.7 Å². The van der Waals surface area contributed by atoms with Gasteiger partial charge in [0.1, 0.15) is 11.0 Å². The van der Waals surface area contributed by atoms with Gasteiger partial charge in [0, 0.05) is 11.8 Å². The minimum Gasteiger partial charge on any atom is -0.478 e. The van der Waals surface area contributed by atoms with Gasteiger partial charge in [-0.2, -0.15) is 0 Å². The van der Waals surface area contributed by atoms with Crippen LogP contribution in [-0.4, -0.2) is 16.1 Å². The molecular weight excluding hydrogens is 257 g/mol. The fraction of sp³-hybridized carbons (Fsp3) is 0.0769. The van der Waals surface area contributed by atoms with E-state index in [4.69, 9.17) is 16.7 Å². The SMILES string of the molecule is Cc1ccc(-c2cnc(Cl)cc2C(=O)O)cc1F. The van der Waals surface area contributed by atoms with Gasteiger partial charge in [0.05, 0.1) is 5.56 Å². The van der Waals surface area contributed by atoms with E-state index in [0.717, 1.165) is 0 Å². The fourth-order valence-corrected chi connectivity index (χ4v) is 1.76. The van der Waals surface area contributed by atoms with Gasteiger partial charge in [-0.15, -0.1) is 0 Å². The summed E-state index contributed by atoms with van der Waals surface area (Å²) in [4.78, 5) is 14.9. The number of aryl methyl sites for hydroxylation is 1. The zero-order valence-corrected chi connectivity index (χ0v) is 10.2. The van der Waals surface area contributed by atoms with Gasteiger partial charge in [0.15, 0.2) is 0 Å². The smallest absolute Gasteiger partial charge is 0.336 e. The van der Waals surface area contributed by atoms with Gasteiger partial charge in [0.2, 0.25) is 0 Å². The topological polar surface area (TPSA) is 50.2 Å². The summed E-state index contributed by atoms with van der Waals surface area (Å²) in [7, 11) is 0. The first kappa shape index (κ1) is 12.5. The van der Waals surface area contributed by atoms with E-state index in [1.54, 1.807) is 19.1 Å². The van der Waals surface area contributed by atoms with Gasteiger partial charge >= 0.3 is 5.97 Å². The van der Waals surface area contributed by atoms with E-state index in [9.17, 15) is 9.18 Å². The van der Waals surface area contributed by atoms with E-state index in [2.05, 4.69) is 4.98 Å². The van der Waals surface area contributed by atoms with Gasteiger partial charge in [-0.1, -0.05) is 23.7 Å². The number of carbonyl (C=O) groups is 1. The fourth-order valence-electron chi connectivity index (χ4n) is 1.60. The molecule has 0 saturated carbocycles. The second-order valence-corrected chi connectivity index (χ2v) is 4.21. The summed E-state index contributed by atoms with van der Waals surface area (Å²) in [6, 6.07) is 5.77. The Kier molecular flexibility index (Phi) is 3.30. The van der Waals surface area contributed by atoms with Crippen LogP contribution in [0.25, 0.3) is 11.1 Å². The number of hydrogen-bond donors (Lipinski definition) is 1. The number of halogens is 2. The Hall–Kier alpha value is -1.94. The van der Waals surface area contributed by atoms with E-state index in [0.29, 0.717) is 16.7 Å². The Labute approximate surface area is 108 Å². The lowest BCUT2D eigenvalue weighted by Crippen LogP contribution is -2.01. The second-order valence-electron chi connectivity index (χ2n) is 3.82. The number of pyridine rings is 1. The zero-order chi connectivity index (χ0) is 13.3. The summed E-state index contributed by atoms with van der Waals surface area (Å²) in [6.45, 7) is 1.64. The average Bonchev–Trinajstić information content (AvgIpc) is 2.32. The Morgan fingerprint density at radius 1 is 1.39 bits per heavy atom. The summed E-state index contributed by atoms with van der Waals surface area (Å²) < 4.78 is 13.5. The highest BCUT2D eigenvalue weighted by Crippen LogP contribution is 2.26. The van der Waals surface area contributed by atoms with E-state index in [1.807, 2.05) is 0 Å². The third-order valence-electron chi connectivity index (χ3n) is 2.58. The minimum absolute atomic E-state index is 0.00162. The molecule has 0 bridgehead atoms. The molecule has 0 saturated heterocycles. The monoisotopic (exact) mass is 265 g/mol. The number of carboxylic acids is 1. The molecule has 92 valence electrons. The number of benzene rings is 1. The van der Waals surface area contributed by atoms with Gasteiger partial charge in [0.25, 0.3) is 0 Å². The van der Waals surface area contributed by atoms with E-state index in [1.165, 1.54) is 18.3 Å². The molecule has 0 unspecified atom stereocenters. The third kappa shape index (κ3) is 2.33. The Balaban J connectivity index is 2.63. The van der Waals surface area contributed by atoms with Crippen LogP contribution in [0.15, 0.2) is 30.5 Å². The van der Waals surface area contributed by atoms with E-state index < -0.39 is 11.8 Å². The normalized spacial score (nSPS) is 10.4. The van der Waals surface area contributed by atoms with Crippen molar-refractivity contribution in [2.75, 3.05) is 0 Å². The predicted molar refractivity (Wildman–Crippen MR) is 66.3 cm³/mol. The number of rotatable bonds is 2. The molecule has 0 aliphatic heterocycles. The zero-order valence-electron chi connectivity index (χ0n) is 9.45. The van der Waals surface area contributed by atoms with E-state index in [-0.39, 0.29) is 10.7 Å². The maximum Gasteiger partial charge on any atom is 0.336 e. The molecule has 5 heteroatoms. The summed E-state index contributed by atoms with van der Waals surface area (Å²) in [6.07, 6.45) is 1.33. The van der Waals surface area contributed by atoms with Crippen LogP contribution in [-0.2, 0) is 0 Å². The molecule has 2 aromatic rings. The van der Waals surface area contributed by atoms with Crippen LogP contribution >= 0.6 is 11.6 Å². The molecule has 18 heavy (non-hydrogen) atoms. The van der Waals surface area contributed by atoms with Crippen LogP contribution in [0.5, 0.6) is 0 Å². The van der Waals surface area contributed by atoms with Crippen LogP contribution in [0.4, 0.5) is 4.39 Å². The van der Waals surface area contributed by atoms with E-state index >= 15 is 0 Å². The number of aromatic carboxylic acids is 1. The maximum atomic E-state index is 13.5. The molecule has 1 aromatic heterocycles. The predicted octanol–water partition coefficient (Wildman–Crippen LogP) is 3.55. The van der Waals surface area contributed by atoms with Crippen LogP contribution in [0.1, 0.15) is 15.9 Å². The van der Waals surface area contributed by atoms with Crippen molar-refractivity contribution in [3.05, 3.63) is 52.6 Å². The Bertz CT molecular complexity index is 628. The molecule has 0 radical (unpaired) electrons. The lowest BCUT2D eigenvalue weighted by atomic mass is 10.0. The average molecular weight is 266 g/mol. The summed E-state index contributed by atoms with van der Waals surface area (Å²) in [5, 5.41) is 9.18. The van der Waals surface area contributed by atoms with Crippen LogP contribution < -0.4 is 0 Å². The molecule has 2 rings (SSSR count). The van der Waals surface area contributed by atoms with Crippen molar-refractivity contribution in [3.8, 4) is 11.1 Å². The molecule has 0 atom stereocenters. The Morgan fingerprint density at radius 2 is 2.11 bits per heavy atom. The van der Waals surface area contributed by atoms with Gasteiger partial charge in [-0.3, -0.25) is 0 Å². The Morgan fingerprint density at radius 3 is 2.72 bits per heavy atom. The number of nitrogens with zero attached hydrogens (tertiary/aromatic N) is 1. The molecule has 0 fully saturated rings. The molecule has 0 aliphatic carbocycles. The number of carboxylic acid groups (broad SMARTS) is 1. The van der Waals surface area contributed by atoms with Crippen molar-refractivity contribution in [1.29, 1.82) is 0 Å². The second kappa shape index (κ2) is 4.74. The maximum absolute atomic E-state index is 13.5. The summed E-state index contributed by atoms with van der Waals surface area (Å²) in [5.41, 5.74) is 1.29. The molecule has 0 spiro atoms. The largest absolute Gasteiger partial charge is 0.478 e. The highest BCUT2D eigenvalue weighted by Gasteiger charge is 2.14. The molecule has 3 nitrogen and oxygen atoms in total. The molecule has 1 heterocycles. The number of hydrogen-bond acceptors (Lipinski definition) is 2. The molecule has 0 amide bonds. The van der Waals surface area contributed by atoms with Crippen molar-refractivity contribution in [2.24, 2.45) is 0 Å². The summed E-state index contributed by atoms with van der Waals surface area (Å²) in [5.74, 6) is -1.52. The van der Waals surface area contributed by atoms with Crippen LogP contribution in [0.3, 0.4) is 0 Å². The van der Waals surface area contributed by atoms with Crippen molar-refractivity contribution >= 4 is 17.6 Å². The van der Waals surface area contributed by atoms with Crippen molar-refractivity contribution < 1.29 is 14.3 Å². The standard InChI is InChI=1S/C13H9ClFNO2/c1-7-2-3-8(4-11(7)15)10-6-16-12(14)5-9(10)13(17)18/h2-6H,1H3,(H,17,18). The van der Waals surface area contributed by atoms with Crippen molar-refractivity contribution in [1.82, 2.24) is 4.98 Å². The van der Waals surface area contributed by atoms with Crippen LogP contribution in [0.2, 0.25) is 5.15 Å². The quantitative estimate of drug-likeness (QED) is 0.845. The molecular formula is C13H9ClFNO2. The minimum atomic E-state index is -1.13. The lowest BCUT2D eigenvalue weighted by Gasteiger charge is -2.07. The molecule has 1 aromatic carbocycles. The van der Waals surface area contributed by atoms with Gasteiger partial charge < -0.3 is 5.11 Å². The van der Waals surface area contributed by atoms with Crippen molar-refractivity contribution in [3.63, 3.8) is 0 Å². The number of aromatic nitrogens is 1. The van der Waals surface area contributed by atoms with Crippen molar-refractivity contribution in [2.45, 2.75) is 6.92 Å².